The molecule has 1 unspecified atom stereocenters. The van der Waals surface area contributed by atoms with E-state index in [0.29, 0.717) is 0 Å². The van der Waals surface area contributed by atoms with Crippen LogP contribution >= 0.6 is 0 Å². The Kier molecular flexibility index (Phi) is 4.47. The van der Waals surface area contributed by atoms with E-state index < -0.39 is 0 Å². The summed E-state index contributed by atoms with van der Waals surface area (Å²) in [7, 11) is 2.00. The molecule has 0 spiro atoms. The Labute approximate surface area is 80.4 Å². The molecule has 2 heteroatoms. The van der Waals surface area contributed by atoms with Crippen LogP contribution in [-0.2, 0) is 6.42 Å². The maximum Gasteiger partial charge on any atom is 0.0270 e. The molecule has 2 nitrogen and oxygen atoms in total. The molecule has 1 N–H and O–H groups in total. The predicted octanol–water partition coefficient (Wildman–Crippen LogP) is 1.87. The van der Waals surface area contributed by atoms with Crippen LogP contribution in [-0.4, -0.2) is 18.6 Å². The minimum Gasteiger partial charge on any atom is -0.320 e. The summed E-state index contributed by atoms with van der Waals surface area (Å²) in [6, 6.07) is 4.19. The van der Waals surface area contributed by atoms with E-state index in [1.54, 1.807) is 0 Å². The van der Waals surface area contributed by atoms with Gasteiger partial charge in [0.25, 0.3) is 0 Å². The molecule has 72 valence electrons. The molecule has 0 fully saturated rings. The van der Waals surface area contributed by atoms with E-state index in [2.05, 4.69) is 29.4 Å². The highest BCUT2D eigenvalue weighted by Crippen LogP contribution is 2.09. The fraction of sp³-hybridized carbons (Fsp3) is 0.545. The molecule has 0 aliphatic rings. The molecule has 1 aromatic heterocycles. The first-order valence-corrected chi connectivity index (χ1v) is 4.86. The smallest absolute Gasteiger partial charge is 0.0270 e. The maximum absolute atomic E-state index is 4.00. The highest BCUT2D eigenvalue weighted by atomic mass is 14.8. The van der Waals surface area contributed by atoms with Gasteiger partial charge in [-0.2, -0.15) is 0 Å². The van der Waals surface area contributed by atoms with E-state index >= 15 is 0 Å². The van der Waals surface area contributed by atoms with Gasteiger partial charge in [-0.1, -0.05) is 6.92 Å². The zero-order valence-corrected chi connectivity index (χ0v) is 8.46. The zero-order valence-electron chi connectivity index (χ0n) is 8.46. The Balaban J connectivity index is 2.32. The van der Waals surface area contributed by atoms with Crippen molar-refractivity contribution >= 4 is 0 Å². The van der Waals surface area contributed by atoms with Gasteiger partial charge < -0.3 is 5.32 Å². The summed E-state index contributed by atoms with van der Waals surface area (Å²) in [5.74, 6) is 0.745. The van der Waals surface area contributed by atoms with Gasteiger partial charge in [0.15, 0.2) is 0 Å². The van der Waals surface area contributed by atoms with Gasteiger partial charge in [0.2, 0.25) is 0 Å². The van der Waals surface area contributed by atoms with Crippen molar-refractivity contribution in [3.05, 3.63) is 30.1 Å². The molecule has 1 heterocycles. The molecule has 0 saturated heterocycles. The molecular weight excluding hydrogens is 160 g/mol. The van der Waals surface area contributed by atoms with E-state index in [4.69, 9.17) is 0 Å². The van der Waals surface area contributed by atoms with Crippen LogP contribution in [0.5, 0.6) is 0 Å². The first-order valence-electron chi connectivity index (χ1n) is 4.86. The molecular formula is C11H18N2. The molecule has 0 aliphatic carbocycles. The molecule has 1 rings (SSSR count). The van der Waals surface area contributed by atoms with Crippen molar-refractivity contribution in [1.29, 1.82) is 0 Å². The number of nitrogens with one attached hydrogen (secondary N) is 1. The van der Waals surface area contributed by atoms with Crippen molar-refractivity contribution in [3.63, 3.8) is 0 Å². The lowest BCUT2D eigenvalue weighted by Gasteiger charge is -2.10. The van der Waals surface area contributed by atoms with Gasteiger partial charge in [0, 0.05) is 12.4 Å². The number of aromatic nitrogens is 1. The molecule has 13 heavy (non-hydrogen) atoms. The minimum atomic E-state index is 0.745. The van der Waals surface area contributed by atoms with E-state index in [-0.39, 0.29) is 0 Å². The summed E-state index contributed by atoms with van der Waals surface area (Å²) in [4.78, 5) is 4.00. The average molecular weight is 178 g/mol. The van der Waals surface area contributed by atoms with Crippen molar-refractivity contribution in [3.8, 4) is 0 Å². The molecule has 0 amide bonds. The lowest BCUT2D eigenvalue weighted by molar-refractivity contribution is 0.515. The second kappa shape index (κ2) is 5.70. The van der Waals surface area contributed by atoms with Gasteiger partial charge in [-0.3, -0.25) is 4.98 Å². The molecule has 1 atom stereocenters. The Morgan fingerprint density at radius 3 is 2.69 bits per heavy atom. The Morgan fingerprint density at radius 2 is 2.08 bits per heavy atom. The van der Waals surface area contributed by atoms with Crippen molar-refractivity contribution in [1.82, 2.24) is 10.3 Å². The monoisotopic (exact) mass is 178 g/mol. The maximum atomic E-state index is 4.00. The zero-order chi connectivity index (χ0) is 9.52. The van der Waals surface area contributed by atoms with Crippen LogP contribution in [0.25, 0.3) is 0 Å². The van der Waals surface area contributed by atoms with Crippen LogP contribution in [0.3, 0.4) is 0 Å². The van der Waals surface area contributed by atoms with Crippen LogP contribution in [0, 0.1) is 5.92 Å². The summed E-state index contributed by atoms with van der Waals surface area (Å²) in [6.45, 7) is 3.39. The van der Waals surface area contributed by atoms with Crippen LogP contribution in [0.4, 0.5) is 0 Å². The number of hydrogen-bond donors (Lipinski definition) is 1. The molecule has 0 bridgehead atoms. The van der Waals surface area contributed by atoms with Gasteiger partial charge >= 0.3 is 0 Å². The van der Waals surface area contributed by atoms with Crippen LogP contribution in [0.1, 0.15) is 18.9 Å². The molecule has 0 radical (unpaired) electrons. The van der Waals surface area contributed by atoms with Gasteiger partial charge in [-0.15, -0.1) is 0 Å². The summed E-state index contributed by atoms with van der Waals surface area (Å²) in [5.41, 5.74) is 1.39. The van der Waals surface area contributed by atoms with E-state index in [1.165, 1.54) is 12.0 Å². The summed E-state index contributed by atoms with van der Waals surface area (Å²) >= 11 is 0. The first kappa shape index (κ1) is 10.2. The minimum absolute atomic E-state index is 0.745. The summed E-state index contributed by atoms with van der Waals surface area (Å²) in [5, 5.41) is 3.17. The third-order valence-corrected chi connectivity index (χ3v) is 2.22. The molecule has 0 aliphatic heterocycles. The van der Waals surface area contributed by atoms with Gasteiger partial charge in [0.1, 0.15) is 0 Å². The van der Waals surface area contributed by atoms with Crippen LogP contribution < -0.4 is 5.32 Å². The normalized spacial score (nSPS) is 12.8. The predicted molar refractivity (Wildman–Crippen MR) is 55.6 cm³/mol. The Morgan fingerprint density at radius 1 is 1.38 bits per heavy atom. The second-order valence-electron chi connectivity index (χ2n) is 3.56. The number of nitrogens with zero attached hydrogens (tertiary/aromatic N) is 1. The quantitative estimate of drug-likeness (QED) is 0.744. The fourth-order valence-corrected chi connectivity index (χ4v) is 1.41. The lowest BCUT2D eigenvalue weighted by atomic mass is 9.99. The van der Waals surface area contributed by atoms with E-state index in [1.807, 2.05) is 19.4 Å². The van der Waals surface area contributed by atoms with Crippen molar-refractivity contribution in [2.24, 2.45) is 5.92 Å². The standard InChI is InChI=1S/C11H18N2/c1-10(3-6-12-2)9-11-4-7-13-8-5-11/h4-5,7-8,10,12H,3,6,9H2,1-2H3. The molecule has 0 aromatic carbocycles. The van der Waals surface area contributed by atoms with Crippen molar-refractivity contribution in [2.75, 3.05) is 13.6 Å². The first-order chi connectivity index (χ1) is 6.33. The van der Waals surface area contributed by atoms with Gasteiger partial charge in [-0.05, 0) is 50.0 Å². The van der Waals surface area contributed by atoms with Crippen molar-refractivity contribution < 1.29 is 0 Å². The third-order valence-electron chi connectivity index (χ3n) is 2.22. The molecule has 1 aromatic rings. The Hall–Kier alpha value is -0.890. The average Bonchev–Trinajstić information content (AvgIpc) is 2.16. The third kappa shape index (κ3) is 4.04. The van der Waals surface area contributed by atoms with E-state index in [0.717, 1.165) is 18.9 Å². The lowest BCUT2D eigenvalue weighted by Crippen LogP contribution is -2.12. The van der Waals surface area contributed by atoms with Crippen LogP contribution in [0.15, 0.2) is 24.5 Å². The number of rotatable bonds is 5. The summed E-state index contributed by atoms with van der Waals surface area (Å²) < 4.78 is 0. The highest BCUT2D eigenvalue weighted by Gasteiger charge is 2.01. The SMILES string of the molecule is CNCCC(C)Cc1ccncc1. The number of hydrogen-bond acceptors (Lipinski definition) is 2. The fourth-order valence-electron chi connectivity index (χ4n) is 1.41. The second-order valence-corrected chi connectivity index (χ2v) is 3.56. The van der Waals surface area contributed by atoms with Crippen molar-refractivity contribution in [2.45, 2.75) is 19.8 Å². The molecule has 0 saturated carbocycles. The largest absolute Gasteiger partial charge is 0.320 e. The summed E-state index contributed by atoms with van der Waals surface area (Å²) in [6.07, 6.45) is 6.11. The highest BCUT2D eigenvalue weighted by molar-refractivity contribution is 5.10. The topological polar surface area (TPSA) is 24.9 Å². The number of pyridine rings is 1. The van der Waals surface area contributed by atoms with Gasteiger partial charge in [-0.25, -0.2) is 0 Å². The van der Waals surface area contributed by atoms with Gasteiger partial charge in [0.05, 0.1) is 0 Å². The van der Waals surface area contributed by atoms with Crippen LogP contribution in [0.2, 0.25) is 0 Å². The van der Waals surface area contributed by atoms with E-state index in [9.17, 15) is 0 Å². The Bertz CT molecular complexity index is 221.